The molecule has 0 radical (unpaired) electrons. The number of aliphatic hydroxyl groups is 2. The minimum atomic E-state index is -0.810. The highest BCUT2D eigenvalue weighted by Gasteiger charge is 2.67. The molecule has 2 aromatic heterocycles. The molecule has 0 spiro atoms. The van der Waals surface area contributed by atoms with Crippen molar-refractivity contribution in [1.29, 1.82) is 0 Å². The van der Waals surface area contributed by atoms with Crippen LogP contribution in [0.2, 0.25) is 0 Å². The minimum Gasteiger partial charge on any atom is -0.505 e. The number of nitrogens with zero attached hydrogens (tertiary/aromatic N) is 1. The summed E-state index contributed by atoms with van der Waals surface area (Å²) in [5.74, 6) is 1.50. The van der Waals surface area contributed by atoms with E-state index in [0.717, 1.165) is 76.7 Å². The molecule has 3 heterocycles. The Morgan fingerprint density at radius 1 is 1.04 bits per heavy atom. The third-order valence-corrected chi connectivity index (χ3v) is 15.0. The van der Waals surface area contributed by atoms with Gasteiger partial charge in [0.25, 0.3) is 0 Å². The minimum absolute atomic E-state index is 0.128. The van der Waals surface area contributed by atoms with Crippen LogP contribution in [-0.2, 0) is 16.6 Å². The highest BCUT2D eigenvalue weighted by molar-refractivity contribution is 6.11. The number of rotatable bonds is 5. The number of aliphatic hydroxyl groups excluding tert-OH is 2. The molecule has 4 aromatic rings. The van der Waals surface area contributed by atoms with Gasteiger partial charge in [0.15, 0.2) is 0 Å². The van der Waals surface area contributed by atoms with Gasteiger partial charge in [0.05, 0.1) is 34.6 Å². The highest BCUT2D eigenvalue weighted by Crippen LogP contribution is 2.71. The zero-order valence-electron chi connectivity index (χ0n) is 32.1. The summed E-state index contributed by atoms with van der Waals surface area (Å²) in [4.78, 5) is 0. The van der Waals surface area contributed by atoms with Gasteiger partial charge >= 0.3 is 0 Å². The van der Waals surface area contributed by atoms with Crippen LogP contribution in [0.3, 0.4) is 0 Å². The van der Waals surface area contributed by atoms with Crippen molar-refractivity contribution in [2.75, 3.05) is 6.61 Å². The zero-order chi connectivity index (χ0) is 36.9. The molecule has 6 nitrogen and oxygen atoms in total. The number of aromatic hydroxyl groups is 1. The molecule has 5 aliphatic rings. The van der Waals surface area contributed by atoms with Crippen molar-refractivity contribution in [3.63, 3.8) is 0 Å². The van der Waals surface area contributed by atoms with Gasteiger partial charge in [-0.15, -0.1) is 0 Å². The number of para-hydroxylation sites is 1. The largest absolute Gasteiger partial charge is 0.505 e. The molecule has 3 N–H and O–H groups in total. The van der Waals surface area contributed by atoms with E-state index in [1.807, 2.05) is 37.3 Å². The normalized spacial score (nSPS) is 35.7. The van der Waals surface area contributed by atoms with Gasteiger partial charge in [0.2, 0.25) is 0 Å². The Labute approximate surface area is 308 Å². The number of benzene rings is 2. The predicted molar refractivity (Wildman–Crippen MR) is 208 cm³/mol. The Balaban J connectivity index is 1.22. The van der Waals surface area contributed by atoms with Crippen LogP contribution >= 0.6 is 0 Å². The third-order valence-electron chi connectivity index (χ3n) is 15.0. The van der Waals surface area contributed by atoms with Crippen molar-refractivity contribution in [2.24, 2.45) is 28.6 Å². The summed E-state index contributed by atoms with van der Waals surface area (Å²) in [6.45, 7) is 22.5. The molecule has 4 aliphatic carbocycles. The lowest BCUT2D eigenvalue weighted by Gasteiger charge is -2.64. The molecule has 0 bridgehead atoms. The van der Waals surface area contributed by atoms with Crippen LogP contribution in [-0.4, -0.2) is 43.6 Å². The van der Waals surface area contributed by atoms with Crippen LogP contribution in [0.15, 0.2) is 61.2 Å². The molecule has 8 atom stereocenters. The summed E-state index contributed by atoms with van der Waals surface area (Å²) in [7, 11) is 0. The molecule has 1 aliphatic heterocycles. The Bertz CT molecular complexity index is 2210. The highest BCUT2D eigenvalue weighted by atomic mass is 16.5. The van der Waals surface area contributed by atoms with E-state index < -0.39 is 28.8 Å². The first-order valence-corrected chi connectivity index (χ1v) is 19.5. The number of fused-ring (bicyclic) bond motifs is 11. The number of hydrogen-bond donors (Lipinski definition) is 3. The third kappa shape index (κ3) is 4.18. The summed E-state index contributed by atoms with van der Waals surface area (Å²) in [6, 6.07) is 12.2. The van der Waals surface area contributed by atoms with Crippen LogP contribution in [0.25, 0.3) is 27.4 Å². The number of allylic oxidation sites excluding steroid dienone is 1. The maximum Gasteiger partial charge on any atom is 0.149 e. The van der Waals surface area contributed by atoms with E-state index in [9.17, 15) is 15.3 Å². The fourth-order valence-electron chi connectivity index (χ4n) is 12.9. The summed E-state index contributed by atoms with van der Waals surface area (Å²) in [6.07, 6.45) is 10.1. The van der Waals surface area contributed by atoms with E-state index in [1.54, 1.807) is 0 Å². The summed E-state index contributed by atoms with van der Waals surface area (Å²) >= 11 is 0. The van der Waals surface area contributed by atoms with Gasteiger partial charge in [-0.05, 0) is 131 Å². The van der Waals surface area contributed by atoms with Crippen molar-refractivity contribution >= 4 is 27.4 Å². The van der Waals surface area contributed by atoms with Crippen LogP contribution in [0.1, 0.15) is 115 Å². The van der Waals surface area contributed by atoms with Crippen molar-refractivity contribution in [1.82, 2.24) is 4.40 Å². The monoisotopic (exact) mass is 701 g/mol. The first-order valence-electron chi connectivity index (χ1n) is 19.5. The van der Waals surface area contributed by atoms with Gasteiger partial charge in [-0.2, -0.15) is 0 Å². The standard InChI is InChI=1S/C46H55NO5/c1-25(2)37-40(50)35-34-28(31-24-42(3,4)52-43(5,6)36(31)39(34)49)23-29-30-22-26-16-17-32-44(7,19-13-21-51-27-14-11-10-12-15-27)33(48)18-20-45(32,8)46(26,9)41(30)47(37)38(29)35/h10-15,19,23-24,26,32-33,36,39,48-50H,1,16-18,20-22H2,2-9H3/t26?,32-,33-,36?,39+,44-,45-,46+/m0/s1. The van der Waals surface area contributed by atoms with Crippen molar-refractivity contribution in [2.45, 2.75) is 116 Å². The quantitative estimate of drug-likeness (QED) is 0.181. The SMILES string of the molecule is C=C(C)c1c(O)c2c3c(cc4c5c(n1c42)[C@@]1(C)C(CC[C@H]2[C@](C)(C=CCOc4ccccc4)[C@@H](O)CC[C@@]21C)C5)C1=CC(C)(C)OC(C)(C)C1[C@@H]3O. The molecule has 0 saturated heterocycles. The average Bonchev–Trinajstić information content (AvgIpc) is 3.74. The molecule has 6 heteroatoms. The van der Waals surface area contributed by atoms with Gasteiger partial charge in [0.1, 0.15) is 18.1 Å². The average molecular weight is 702 g/mol. The van der Waals surface area contributed by atoms with E-state index in [4.69, 9.17) is 9.47 Å². The lowest BCUT2D eigenvalue weighted by Crippen LogP contribution is -2.62. The number of aromatic nitrogens is 1. The van der Waals surface area contributed by atoms with Crippen molar-refractivity contribution in [3.05, 3.63) is 89.3 Å². The second-order valence-electron chi connectivity index (χ2n) is 18.7. The molecule has 2 saturated carbocycles. The molecule has 274 valence electrons. The Morgan fingerprint density at radius 3 is 2.48 bits per heavy atom. The molecular formula is C46H55NO5. The lowest BCUT2D eigenvalue weighted by atomic mass is 9.40. The van der Waals surface area contributed by atoms with Crippen LogP contribution in [0.5, 0.6) is 11.5 Å². The van der Waals surface area contributed by atoms with Gasteiger partial charge < -0.3 is 29.2 Å². The Morgan fingerprint density at radius 2 is 1.77 bits per heavy atom. The second kappa shape index (κ2) is 10.8. The van der Waals surface area contributed by atoms with Crippen molar-refractivity contribution in [3.8, 4) is 11.5 Å². The Kier molecular flexibility index (Phi) is 7.08. The molecule has 9 rings (SSSR count). The predicted octanol–water partition coefficient (Wildman–Crippen LogP) is 9.55. The zero-order valence-corrected chi connectivity index (χ0v) is 32.1. The fraction of sp³-hybridized carbons (Fsp3) is 0.522. The van der Waals surface area contributed by atoms with Crippen LogP contribution < -0.4 is 4.74 Å². The van der Waals surface area contributed by atoms with Crippen LogP contribution in [0.4, 0.5) is 0 Å². The number of hydrogen-bond acceptors (Lipinski definition) is 5. The molecule has 52 heavy (non-hydrogen) atoms. The first kappa shape index (κ1) is 34.2. The summed E-state index contributed by atoms with van der Waals surface area (Å²) in [5.41, 5.74) is 6.37. The van der Waals surface area contributed by atoms with E-state index in [0.29, 0.717) is 12.5 Å². The number of ether oxygens (including phenoxy) is 2. The first-order chi connectivity index (χ1) is 24.5. The topological polar surface area (TPSA) is 83.6 Å². The van der Waals surface area contributed by atoms with Gasteiger partial charge in [0, 0.05) is 38.8 Å². The fourth-order valence-corrected chi connectivity index (χ4v) is 12.9. The maximum atomic E-state index is 12.3. The smallest absolute Gasteiger partial charge is 0.149 e. The summed E-state index contributed by atoms with van der Waals surface area (Å²) in [5, 5.41) is 38.3. The molecular weight excluding hydrogens is 647 g/mol. The van der Waals surface area contributed by atoms with Gasteiger partial charge in [-0.25, -0.2) is 0 Å². The van der Waals surface area contributed by atoms with Gasteiger partial charge in [-0.3, -0.25) is 0 Å². The van der Waals surface area contributed by atoms with E-state index in [1.165, 1.54) is 16.6 Å². The summed E-state index contributed by atoms with van der Waals surface area (Å²) < 4.78 is 15.0. The Hall–Kier alpha value is -3.58. The molecule has 2 unspecified atom stereocenters. The van der Waals surface area contributed by atoms with E-state index in [-0.39, 0.29) is 28.4 Å². The molecule has 2 aromatic carbocycles. The van der Waals surface area contributed by atoms with E-state index in [2.05, 4.69) is 83.7 Å². The van der Waals surface area contributed by atoms with Crippen LogP contribution in [0, 0.1) is 28.6 Å². The van der Waals surface area contributed by atoms with E-state index >= 15 is 0 Å². The molecule has 2 fully saturated rings. The van der Waals surface area contributed by atoms with Gasteiger partial charge in [-0.1, -0.05) is 57.7 Å². The molecule has 0 amide bonds. The lowest BCUT2D eigenvalue weighted by molar-refractivity contribution is -0.144. The maximum absolute atomic E-state index is 12.3. The second-order valence-corrected chi connectivity index (χ2v) is 18.7. The van der Waals surface area contributed by atoms with Crippen molar-refractivity contribution < 1.29 is 24.8 Å².